The minimum atomic E-state index is 0.00376. The molecule has 3 heterocycles. The van der Waals surface area contributed by atoms with Gasteiger partial charge < -0.3 is 10.2 Å². The van der Waals surface area contributed by atoms with Crippen molar-refractivity contribution in [1.29, 1.82) is 0 Å². The number of aryl methyl sites for hydroxylation is 1. The molecule has 0 atom stereocenters. The molecule has 1 saturated heterocycles. The molecule has 0 spiro atoms. The Labute approximate surface area is 147 Å². The third kappa shape index (κ3) is 4.01. The van der Waals surface area contributed by atoms with Crippen molar-refractivity contribution in [3.63, 3.8) is 0 Å². The van der Waals surface area contributed by atoms with Crippen LogP contribution in [-0.2, 0) is 11.8 Å². The smallest absolute Gasteiger partial charge is 0.202 e. The largest absolute Gasteiger partial charge is 0.357 e. The molecule has 24 heavy (non-hydrogen) atoms. The zero-order valence-corrected chi connectivity index (χ0v) is 15.7. The molecule has 1 N–H and O–H groups in total. The Morgan fingerprint density at radius 2 is 2.00 bits per heavy atom. The highest BCUT2D eigenvalue weighted by atomic mass is 32.1. The van der Waals surface area contributed by atoms with Crippen molar-refractivity contribution in [2.75, 3.05) is 23.3 Å². The Hall–Kier alpha value is -1.76. The Kier molecular flexibility index (Phi) is 4.99. The number of nitrogens with one attached hydrogen (secondary N) is 1. The van der Waals surface area contributed by atoms with Gasteiger partial charge in [0.25, 0.3) is 0 Å². The van der Waals surface area contributed by atoms with Crippen molar-refractivity contribution in [3.8, 4) is 0 Å². The van der Waals surface area contributed by atoms with Gasteiger partial charge in [0, 0.05) is 47.8 Å². The van der Waals surface area contributed by atoms with E-state index in [4.69, 9.17) is 0 Å². The van der Waals surface area contributed by atoms with Crippen molar-refractivity contribution in [2.24, 2.45) is 0 Å². The average Bonchev–Trinajstić information content (AvgIpc) is 3.04. The first-order valence-electron chi connectivity index (χ1n) is 8.62. The van der Waals surface area contributed by atoms with Crippen LogP contribution in [0.25, 0.3) is 0 Å². The number of anilines is 2. The quantitative estimate of drug-likeness (QED) is 0.916. The van der Waals surface area contributed by atoms with Crippen LogP contribution in [0.5, 0.6) is 0 Å². The van der Waals surface area contributed by atoms with Crippen LogP contribution >= 0.6 is 11.5 Å². The number of hydrogen-bond acceptors (Lipinski definition) is 7. The van der Waals surface area contributed by atoms with E-state index in [1.165, 1.54) is 11.5 Å². The zero-order chi connectivity index (χ0) is 17.2. The second kappa shape index (κ2) is 7.01. The second-order valence-corrected chi connectivity index (χ2v) is 8.05. The van der Waals surface area contributed by atoms with E-state index in [0.29, 0.717) is 6.04 Å². The van der Waals surface area contributed by atoms with Gasteiger partial charge in [0.05, 0.1) is 0 Å². The highest BCUT2D eigenvalue weighted by Crippen LogP contribution is 2.25. The number of piperidine rings is 1. The maximum absolute atomic E-state index is 4.64. The Balaban J connectivity index is 1.56. The summed E-state index contributed by atoms with van der Waals surface area (Å²) >= 11 is 1.47. The summed E-state index contributed by atoms with van der Waals surface area (Å²) in [6.45, 7) is 10.6. The molecule has 0 aliphatic carbocycles. The molecular formula is C17H26N6S. The summed E-state index contributed by atoms with van der Waals surface area (Å²) in [4.78, 5) is 15.7. The van der Waals surface area contributed by atoms with Crippen molar-refractivity contribution in [1.82, 2.24) is 19.3 Å². The van der Waals surface area contributed by atoms with Crippen LogP contribution in [0.2, 0.25) is 0 Å². The predicted molar refractivity (Wildman–Crippen MR) is 98.9 cm³/mol. The third-order valence-corrected chi connectivity index (χ3v) is 4.96. The van der Waals surface area contributed by atoms with Crippen LogP contribution in [0, 0.1) is 0 Å². The molecule has 6 nitrogen and oxygen atoms in total. The molecule has 7 heteroatoms. The Bertz CT molecular complexity index is 670. The van der Waals surface area contributed by atoms with Crippen LogP contribution < -0.4 is 10.2 Å². The molecule has 0 radical (unpaired) electrons. The molecule has 0 unspecified atom stereocenters. The highest BCUT2D eigenvalue weighted by molar-refractivity contribution is 7.09. The summed E-state index contributed by atoms with van der Waals surface area (Å²) in [5, 5.41) is 4.49. The number of nitrogens with zero attached hydrogens (tertiary/aromatic N) is 5. The fraction of sp³-hybridized carbons (Fsp3) is 0.647. The van der Waals surface area contributed by atoms with Gasteiger partial charge >= 0.3 is 0 Å². The van der Waals surface area contributed by atoms with Gasteiger partial charge in [0.2, 0.25) is 5.13 Å². The van der Waals surface area contributed by atoms with Crippen LogP contribution in [0.15, 0.2) is 12.4 Å². The predicted octanol–water partition coefficient (Wildman–Crippen LogP) is 3.27. The van der Waals surface area contributed by atoms with E-state index in [-0.39, 0.29) is 5.41 Å². The molecular weight excluding hydrogens is 320 g/mol. The first-order chi connectivity index (χ1) is 11.5. The van der Waals surface area contributed by atoms with Gasteiger partial charge in [-0.15, -0.1) is 0 Å². The Morgan fingerprint density at radius 1 is 1.25 bits per heavy atom. The van der Waals surface area contributed by atoms with Crippen molar-refractivity contribution >= 4 is 22.5 Å². The summed E-state index contributed by atoms with van der Waals surface area (Å²) in [6.07, 6.45) is 4.78. The fourth-order valence-corrected chi connectivity index (χ4v) is 3.60. The van der Waals surface area contributed by atoms with Crippen LogP contribution in [0.4, 0.5) is 10.9 Å². The third-order valence-electron chi connectivity index (χ3n) is 4.31. The van der Waals surface area contributed by atoms with Gasteiger partial charge in [-0.05, 0) is 19.3 Å². The van der Waals surface area contributed by atoms with Crippen molar-refractivity contribution in [2.45, 2.75) is 58.4 Å². The van der Waals surface area contributed by atoms with Gasteiger partial charge in [-0.1, -0.05) is 27.7 Å². The molecule has 1 aliphatic heterocycles. The summed E-state index contributed by atoms with van der Waals surface area (Å²) in [5.74, 6) is 1.96. The summed E-state index contributed by atoms with van der Waals surface area (Å²) in [6, 6.07) is 2.56. The summed E-state index contributed by atoms with van der Waals surface area (Å²) in [5.41, 5.74) is 1.10. The van der Waals surface area contributed by atoms with E-state index in [0.717, 1.165) is 54.8 Å². The van der Waals surface area contributed by atoms with E-state index in [9.17, 15) is 0 Å². The molecule has 1 fully saturated rings. The molecule has 3 rings (SSSR count). The number of rotatable bonds is 4. The lowest BCUT2D eigenvalue weighted by Gasteiger charge is -2.33. The summed E-state index contributed by atoms with van der Waals surface area (Å²) < 4.78 is 4.48. The maximum atomic E-state index is 4.64. The topological polar surface area (TPSA) is 66.8 Å². The molecule has 0 aromatic carbocycles. The first kappa shape index (κ1) is 17.1. The van der Waals surface area contributed by atoms with Crippen molar-refractivity contribution < 1.29 is 0 Å². The lowest BCUT2D eigenvalue weighted by Crippen LogP contribution is -2.39. The first-order valence-corrected chi connectivity index (χ1v) is 9.39. The van der Waals surface area contributed by atoms with Gasteiger partial charge in [0.1, 0.15) is 18.0 Å². The lowest BCUT2D eigenvalue weighted by atomic mass is 9.96. The zero-order valence-electron chi connectivity index (χ0n) is 14.9. The molecule has 2 aromatic heterocycles. The van der Waals surface area contributed by atoms with E-state index >= 15 is 0 Å². The molecule has 2 aromatic rings. The van der Waals surface area contributed by atoms with Gasteiger partial charge in [-0.3, -0.25) is 0 Å². The average molecular weight is 347 g/mol. The van der Waals surface area contributed by atoms with E-state index in [1.807, 2.05) is 0 Å². The van der Waals surface area contributed by atoms with Gasteiger partial charge in [-0.2, -0.15) is 4.37 Å². The SMILES string of the molecule is CCc1cc(N2CCC(Nc3nc(C(C)(C)C)ns3)CC2)ncn1. The maximum Gasteiger partial charge on any atom is 0.202 e. The van der Waals surface area contributed by atoms with E-state index < -0.39 is 0 Å². The Morgan fingerprint density at radius 3 is 2.62 bits per heavy atom. The van der Waals surface area contributed by atoms with Crippen LogP contribution in [-0.4, -0.2) is 38.5 Å². The summed E-state index contributed by atoms with van der Waals surface area (Å²) in [7, 11) is 0. The highest BCUT2D eigenvalue weighted by Gasteiger charge is 2.23. The molecule has 0 saturated carbocycles. The van der Waals surface area contributed by atoms with Crippen LogP contribution in [0.3, 0.4) is 0 Å². The van der Waals surface area contributed by atoms with E-state index in [2.05, 4.69) is 63.3 Å². The molecule has 130 valence electrons. The van der Waals surface area contributed by atoms with E-state index in [1.54, 1.807) is 6.33 Å². The normalized spacial score (nSPS) is 16.4. The van der Waals surface area contributed by atoms with Gasteiger partial charge in [0.15, 0.2) is 0 Å². The second-order valence-electron chi connectivity index (χ2n) is 7.30. The lowest BCUT2D eigenvalue weighted by molar-refractivity contribution is 0.521. The molecule has 0 amide bonds. The van der Waals surface area contributed by atoms with Crippen LogP contribution in [0.1, 0.15) is 52.1 Å². The number of hydrogen-bond donors (Lipinski definition) is 1. The molecule has 0 bridgehead atoms. The van der Waals surface area contributed by atoms with Crippen molar-refractivity contribution in [3.05, 3.63) is 23.9 Å². The fourth-order valence-electron chi connectivity index (χ4n) is 2.77. The standard InChI is InChI=1S/C17H26N6S/c1-5-12-10-14(19-11-18-12)23-8-6-13(7-9-23)20-16-21-15(22-24-16)17(2,3)4/h10-11,13H,5-9H2,1-4H3,(H,20,21,22). The monoisotopic (exact) mass is 346 g/mol. The minimum absolute atomic E-state index is 0.00376. The molecule has 1 aliphatic rings. The van der Waals surface area contributed by atoms with Gasteiger partial charge in [-0.25, -0.2) is 15.0 Å². The number of aromatic nitrogens is 4. The minimum Gasteiger partial charge on any atom is -0.357 e.